The summed E-state index contributed by atoms with van der Waals surface area (Å²) in [5.41, 5.74) is 6.81. The first-order valence-corrected chi connectivity index (χ1v) is 14.9. The third-order valence-electron chi connectivity index (χ3n) is 8.16. The molecule has 5 aromatic carbocycles. The molecule has 7 rings (SSSR count). The van der Waals surface area contributed by atoms with Crippen LogP contribution >= 0.6 is 23.2 Å². The molecule has 1 aromatic heterocycles. The van der Waals surface area contributed by atoms with Crippen LogP contribution in [-0.2, 0) is 18.6 Å². The molecule has 0 N–H and O–H groups in total. The van der Waals surface area contributed by atoms with E-state index >= 15 is 0 Å². The molecule has 1 amide bonds. The molecule has 0 atom stereocenters. The highest BCUT2D eigenvalue weighted by Crippen LogP contribution is 2.42. The lowest BCUT2D eigenvalue weighted by Gasteiger charge is -2.37. The first-order chi connectivity index (χ1) is 21.0. The van der Waals surface area contributed by atoms with Crippen LogP contribution in [0.15, 0.2) is 140 Å². The van der Waals surface area contributed by atoms with E-state index in [1.54, 1.807) is 0 Å². The summed E-state index contributed by atoms with van der Waals surface area (Å²) in [6.07, 6.45) is 3.97. The van der Waals surface area contributed by atoms with Crippen molar-refractivity contribution in [2.75, 3.05) is 0 Å². The molecule has 1 aliphatic heterocycles. The summed E-state index contributed by atoms with van der Waals surface area (Å²) >= 11 is 12.8. The van der Waals surface area contributed by atoms with Crippen molar-refractivity contribution >= 4 is 29.1 Å². The van der Waals surface area contributed by atoms with Gasteiger partial charge in [0.05, 0.1) is 22.6 Å². The van der Waals surface area contributed by atoms with Gasteiger partial charge in [0.1, 0.15) is 5.54 Å². The van der Waals surface area contributed by atoms with Crippen LogP contribution in [0.5, 0.6) is 0 Å². The molecule has 0 saturated carbocycles. The summed E-state index contributed by atoms with van der Waals surface area (Å²) in [5.74, 6) is -0.0664. The zero-order valence-electron chi connectivity index (χ0n) is 23.2. The molecule has 4 nitrogen and oxygen atoms in total. The lowest BCUT2D eigenvalue weighted by molar-refractivity contribution is 0.0767. The Labute approximate surface area is 260 Å². The second kappa shape index (κ2) is 11.2. The largest absolute Gasteiger partial charge is 0.330 e. The van der Waals surface area contributed by atoms with E-state index in [1.165, 1.54) is 0 Å². The van der Waals surface area contributed by atoms with E-state index in [-0.39, 0.29) is 5.91 Å². The Hall–Kier alpha value is -4.64. The number of halogens is 2. The zero-order chi connectivity index (χ0) is 29.4. The number of nitrogens with zero attached hydrogens (tertiary/aromatic N) is 3. The van der Waals surface area contributed by atoms with Crippen LogP contribution in [0, 0.1) is 0 Å². The van der Waals surface area contributed by atoms with Crippen molar-refractivity contribution in [3.05, 3.63) is 183 Å². The first kappa shape index (κ1) is 27.2. The fourth-order valence-corrected chi connectivity index (χ4v) is 6.64. The molecular formula is C37H27Cl2N3O. The Morgan fingerprint density at radius 1 is 0.721 bits per heavy atom. The summed E-state index contributed by atoms with van der Waals surface area (Å²) in [6, 6.07) is 42.9. The molecule has 0 saturated heterocycles. The number of fused-ring (bicyclic) bond motifs is 1. The van der Waals surface area contributed by atoms with Crippen LogP contribution in [0.2, 0.25) is 10.0 Å². The van der Waals surface area contributed by atoms with E-state index in [9.17, 15) is 4.79 Å². The summed E-state index contributed by atoms with van der Waals surface area (Å²) in [4.78, 5) is 20.1. The van der Waals surface area contributed by atoms with Crippen molar-refractivity contribution in [3.63, 3.8) is 0 Å². The maximum atomic E-state index is 13.3. The molecule has 0 bridgehead atoms. The first-order valence-electron chi connectivity index (χ1n) is 14.1. The van der Waals surface area contributed by atoms with Crippen molar-refractivity contribution < 1.29 is 4.79 Å². The molecule has 210 valence electrons. The van der Waals surface area contributed by atoms with Crippen LogP contribution in [0.3, 0.4) is 0 Å². The van der Waals surface area contributed by atoms with Gasteiger partial charge in [-0.05, 0) is 52.1 Å². The molecule has 0 aliphatic carbocycles. The molecule has 0 spiro atoms. The Kier molecular flexibility index (Phi) is 7.10. The number of hydrogen-bond acceptors (Lipinski definition) is 2. The quantitative estimate of drug-likeness (QED) is 0.172. The highest BCUT2D eigenvalue weighted by Gasteiger charge is 2.38. The maximum Gasteiger partial charge on any atom is 0.256 e. The zero-order valence-corrected chi connectivity index (χ0v) is 24.7. The Morgan fingerprint density at radius 3 is 1.84 bits per heavy atom. The van der Waals surface area contributed by atoms with Gasteiger partial charge in [-0.25, -0.2) is 4.98 Å². The molecular weight excluding hydrogens is 573 g/mol. The molecule has 0 fully saturated rings. The van der Waals surface area contributed by atoms with Gasteiger partial charge in [0, 0.05) is 29.9 Å². The highest BCUT2D eigenvalue weighted by molar-refractivity contribution is 6.34. The predicted octanol–water partition coefficient (Wildman–Crippen LogP) is 8.85. The van der Waals surface area contributed by atoms with Gasteiger partial charge < -0.3 is 9.47 Å². The monoisotopic (exact) mass is 599 g/mol. The predicted molar refractivity (Wildman–Crippen MR) is 172 cm³/mol. The van der Waals surface area contributed by atoms with Crippen LogP contribution in [0.25, 0.3) is 11.3 Å². The van der Waals surface area contributed by atoms with Crippen molar-refractivity contribution in [2.24, 2.45) is 0 Å². The Balaban J connectivity index is 1.31. The number of carbonyl (C=O) groups excluding carboxylic acids is 1. The Morgan fingerprint density at radius 2 is 1.28 bits per heavy atom. The van der Waals surface area contributed by atoms with Crippen LogP contribution < -0.4 is 0 Å². The number of hydrogen-bond donors (Lipinski definition) is 0. The molecule has 43 heavy (non-hydrogen) atoms. The van der Waals surface area contributed by atoms with E-state index in [0.717, 1.165) is 39.1 Å². The van der Waals surface area contributed by atoms with E-state index in [0.29, 0.717) is 28.7 Å². The van der Waals surface area contributed by atoms with Crippen LogP contribution in [-0.4, -0.2) is 20.4 Å². The van der Waals surface area contributed by atoms with Gasteiger partial charge in [-0.1, -0.05) is 126 Å². The number of rotatable bonds is 7. The molecule has 6 heteroatoms. The number of imidazole rings is 1. The minimum Gasteiger partial charge on any atom is -0.330 e. The maximum absolute atomic E-state index is 13.3. The van der Waals surface area contributed by atoms with Gasteiger partial charge >= 0.3 is 0 Å². The molecule has 6 aromatic rings. The SMILES string of the molecule is O=C1c2c(Cl)cc(-c3cn(C(c4ccccc4)(c4ccccc4)c4ccccc4)cn3)cc2CN1Cc1ccc(Cl)cc1. The topological polar surface area (TPSA) is 38.1 Å². The molecule has 1 aliphatic rings. The van der Waals surface area contributed by atoms with E-state index in [4.69, 9.17) is 28.2 Å². The Bertz CT molecular complexity index is 1810. The number of aromatic nitrogens is 2. The van der Waals surface area contributed by atoms with Crippen LogP contribution in [0.1, 0.15) is 38.2 Å². The average molecular weight is 601 g/mol. The minimum atomic E-state index is -0.666. The molecule has 0 radical (unpaired) electrons. The highest BCUT2D eigenvalue weighted by atomic mass is 35.5. The second-order valence-corrected chi connectivity index (χ2v) is 11.6. The van der Waals surface area contributed by atoms with Gasteiger partial charge in [0.25, 0.3) is 5.91 Å². The van der Waals surface area contributed by atoms with Crippen molar-refractivity contribution in [2.45, 2.75) is 18.6 Å². The van der Waals surface area contributed by atoms with Gasteiger partial charge in [-0.2, -0.15) is 0 Å². The average Bonchev–Trinajstić information content (AvgIpc) is 3.66. The lowest BCUT2D eigenvalue weighted by Crippen LogP contribution is -2.36. The minimum absolute atomic E-state index is 0.0664. The third-order valence-corrected chi connectivity index (χ3v) is 8.71. The number of benzene rings is 5. The summed E-state index contributed by atoms with van der Waals surface area (Å²) in [6.45, 7) is 0.964. The lowest BCUT2D eigenvalue weighted by atomic mass is 9.77. The van der Waals surface area contributed by atoms with Gasteiger partial charge in [0.2, 0.25) is 0 Å². The molecule has 0 unspecified atom stereocenters. The van der Waals surface area contributed by atoms with E-state index in [2.05, 4.69) is 83.6 Å². The fraction of sp³-hybridized carbons (Fsp3) is 0.0811. The standard InChI is InChI=1S/C37H27Cl2N3O/c38-32-18-16-26(17-19-32)22-41-23-28-20-27(21-33(39)35(28)36(41)43)34-24-42(25-40-34)37(29-10-4-1-5-11-29,30-12-6-2-7-13-30)31-14-8-3-9-15-31/h1-21,24-25H,22-23H2. The number of amides is 1. The summed E-state index contributed by atoms with van der Waals surface area (Å²) in [5, 5.41) is 1.11. The van der Waals surface area contributed by atoms with Crippen LogP contribution in [0.4, 0.5) is 0 Å². The second-order valence-electron chi connectivity index (χ2n) is 10.8. The van der Waals surface area contributed by atoms with Gasteiger partial charge in [-0.15, -0.1) is 0 Å². The van der Waals surface area contributed by atoms with Crippen molar-refractivity contribution in [1.82, 2.24) is 14.5 Å². The fourth-order valence-electron chi connectivity index (χ4n) is 6.19. The number of carbonyl (C=O) groups is 1. The van der Waals surface area contributed by atoms with Gasteiger partial charge in [0.15, 0.2) is 0 Å². The summed E-state index contributed by atoms with van der Waals surface area (Å²) in [7, 11) is 0. The van der Waals surface area contributed by atoms with Crippen molar-refractivity contribution in [3.8, 4) is 11.3 Å². The smallest absolute Gasteiger partial charge is 0.256 e. The van der Waals surface area contributed by atoms with Crippen molar-refractivity contribution in [1.29, 1.82) is 0 Å². The summed E-state index contributed by atoms with van der Waals surface area (Å²) < 4.78 is 2.18. The van der Waals surface area contributed by atoms with Gasteiger partial charge in [-0.3, -0.25) is 4.79 Å². The van der Waals surface area contributed by atoms with E-state index < -0.39 is 5.54 Å². The third kappa shape index (κ3) is 4.83. The molecule has 2 heterocycles. The normalized spacial score (nSPS) is 12.9. The van der Waals surface area contributed by atoms with E-state index in [1.807, 2.05) is 65.8 Å².